The number of hydrogen-bond acceptors (Lipinski definition) is 3. The molecule has 2 aromatic rings. The molecule has 0 aliphatic heterocycles. The summed E-state index contributed by atoms with van der Waals surface area (Å²) in [5, 5.41) is 5.16. The first-order valence-electron chi connectivity index (χ1n) is 4.99. The van der Waals surface area contributed by atoms with Gasteiger partial charge in [0.2, 0.25) is 0 Å². The number of nitrogens with zero attached hydrogens (tertiary/aromatic N) is 1. The maximum Gasteiger partial charge on any atom is 0.147 e. The molecule has 1 aromatic carbocycles. The monoisotopic (exact) mass is 188 g/mol. The van der Waals surface area contributed by atoms with Gasteiger partial charge in [0.05, 0.1) is 0 Å². The van der Waals surface area contributed by atoms with Crippen molar-refractivity contribution >= 4 is 16.6 Å². The second-order valence-corrected chi connectivity index (χ2v) is 3.95. The lowest BCUT2D eigenvalue weighted by Crippen LogP contribution is -2.07. The van der Waals surface area contributed by atoms with E-state index in [4.69, 9.17) is 10.3 Å². The molecule has 1 aliphatic carbocycles. The lowest BCUT2D eigenvalue weighted by atomic mass is 9.82. The van der Waals surface area contributed by atoms with Crippen LogP contribution in [0.1, 0.15) is 30.9 Å². The van der Waals surface area contributed by atoms with Gasteiger partial charge in [0, 0.05) is 17.0 Å². The van der Waals surface area contributed by atoms with Crippen LogP contribution in [0.5, 0.6) is 0 Å². The van der Waals surface area contributed by atoms with Crippen molar-refractivity contribution in [3.05, 3.63) is 24.0 Å². The van der Waals surface area contributed by atoms with Gasteiger partial charge in [-0.15, -0.1) is 0 Å². The molecule has 1 saturated carbocycles. The Hall–Kier alpha value is -1.51. The number of aromatic nitrogens is 1. The summed E-state index contributed by atoms with van der Waals surface area (Å²) in [4.78, 5) is 0. The maximum absolute atomic E-state index is 5.67. The quantitative estimate of drug-likeness (QED) is 0.700. The number of nitrogens with two attached hydrogens (primary N) is 1. The zero-order valence-corrected chi connectivity index (χ0v) is 7.86. The molecule has 3 nitrogen and oxygen atoms in total. The van der Waals surface area contributed by atoms with Gasteiger partial charge in [-0.25, -0.2) is 0 Å². The molecule has 1 heterocycles. The van der Waals surface area contributed by atoms with Gasteiger partial charge in [-0.3, -0.25) is 0 Å². The second kappa shape index (κ2) is 2.74. The van der Waals surface area contributed by atoms with E-state index in [1.54, 1.807) is 0 Å². The van der Waals surface area contributed by atoms with Crippen molar-refractivity contribution in [1.29, 1.82) is 0 Å². The third kappa shape index (κ3) is 1.02. The second-order valence-electron chi connectivity index (χ2n) is 3.95. The Balaban J connectivity index is 2.16. The number of anilines is 1. The van der Waals surface area contributed by atoms with Gasteiger partial charge in [-0.2, -0.15) is 0 Å². The molecule has 1 fully saturated rings. The third-order valence-corrected chi connectivity index (χ3v) is 3.01. The average molecular weight is 188 g/mol. The Morgan fingerprint density at radius 3 is 2.93 bits per heavy atom. The lowest BCUT2D eigenvalue weighted by Gasteiger charge is -2.22. The number of nitrogen functional groups attached to an aromatic ring is 1. The van der Waals surface area contributed by atoms with Crippen LogP contribution < -0.4 is 5.73 Å². The van der Waals surface area contributed by atoms with Crippen molar-refractivity contribution in [2.24, 2.45) is 0 Å². The van der Waals surface area contributed by atoms with Crippen molar-refractivity contribution in [1.82, 2.24) is 5.16 Å². The molecule has 72 valence electrons. The van der Waals surface area contributed by atoms with Crippen LogP contribution >= 0.6 is 0 Å². The molecular weight excluding hydrogens is 176 g/mol. The fourth-order valence-electron chi connectivity index (χ4n) is 1.94. The van der Waals surface area contributed by atoms with E-state index in [0.717, 1.165) is 22.4 Å². The van der Waals surface area contributed by atoms with Crippen LogP contribution in [0.3, 0.4) is 0 Å². The van der Waals surface area contributed by atoms with Crippen LogP contribution in [0.25, 0.3) is 10.9 Å². The first-order valence-corrected chi connectivity index (χ1v) is 4.99. The summed E-state index contributed by atoms with van der Waals surface area (Å²) in [6, 6.07) is 5.78. The molecule has 1 aromatic heterocycles. The summed E-state index contributed by atoms with van der Waals surface area (Å²) in [5.74, 6) is 1.63. The van der Waals surface area contributed by atoms with Gasteiger partial charge in [0.25, 0.3) is 0 Å². The molecule has 0 atom stereocenters. The summed E-state index contributed by atoms with van der Waals surface area (Å²) in [6.07, 6.45) is 3.77. The highest BCUT2D eigenvalue weighted by molar-refractivity contribution is 5.83. The van der Waals surface area contributed by atoms with Crippen LogP contribution in [0, 0.1) is 0 Å². The minimum Gasteiger partial charge on any atom is -0.399 e. The first kappa shape index (κ1) is 7.85. The molecule has 0 spiro atoms. The molecule has 0 unspecified atom stereocenters. The van der Waals surface area contributed by atoms with E-state index in [9.17, 15) is 0 Å². The van der Waals surface area contributed by atoms with Crippen LogP contribution in [-0.4, -0.2) is 5.16 Å². The molecule has 0 radical (unpaired) electrons. The van der Waals surface area contributed by atoms with Gasteiger partial charge in [0.15, 0.2) is 0 Å². The average Bonchev–Trinajstić information content (AvgIpc) is 2.45. The van der Waals surface area contributed by atoms with E-state index in [1.165, 1.54) is 19.3 Å². The Morgan fingerprint density at radius 2 is 2.21 bits per heavy atom. The van der Waals surface area contributed by atoms with E-state index in [1.807, 2.05) is 18.2 Å². The normalized spacial score (nSPS) is 17.1. The van der Waals surface area contributed by atoms with Gasteiger partial charge in [-0.1, -0.05) is 11.6 Å². The van der Waals surface area contributed by atoms with Crippen molar-refractivity contribution in [3.8, 4) is 0 Å². The first-order chi connectivity index (χ1) is 6.84. The van der Waals surface area contributed by atoms with Crippen molar-refractivity contribution in [2.75, 3.05) is 5.73 Å². The number of hydrogen-bond donors (Lipinski definition) is 1. The summed E-state index contributed by atoms with van der Waals surface area (Å²) in [6.45, 7) is 0. The Bertz CT molecular complexity index is 471. The Morgan fingerprint density at radius 1 is 1.36 bits per heavy atom. The fourth-order valence-corrected chi connectivity index (χ4v) is 1.94. The van der Waals surface area contributed by atoms with E-state index in [2.05, 4.69) is 5.16 Å². The zero-order chi connectivity index (χ0) is 9.54. The molecule has 1 aliphatic rings. The van der Waals surface area contributed by atoms with Crippen molar-refractivity contribution in [3.63, 3.8) is 0 Å². The molecular formula is C11H12N2O. The van der Waals surface area contributed by atoms with Gasteiger partial charge < -0.3 is 10.3 Å². The topological polar surface area (TPSA) is 52.0 Å². The molecule has 2 N–H and O–H groups in total. The lowest BCUT2D eigenvalue weighted by molar-refractivity contribution is 0.305. The molecule has 3 heteroatoms. The fraction of sp³-hybridized carbons (Fsp3) is 0.364. The number of benzene rings is 1. The molecule has 0 bridgehead atoms. The van der Waals surface area contributed by atoms with Crippen LogP contribution in [0.4, 0.5) is 5.69 Å². The highest BCUT2D eigenvalue weighted by Gasteiger charge is 2.25. The third-order valence-electron chi connectivity index (χ3n) is 3.01. The predicted molar refractivity (Wildman–Crippen MR) is 55.0 cm³/mol. The minimum absolute atomic E-state index is 0.587. The predicted octanol–water partition coefficient (Wildman–Crippen LogP) is 2.68. The van der Waals surface area contributed by atoms with Gasteiger partial charge >= 0.3 is 0 Å². The van der Waals surface area contributed by atoms with Crippen molar-refractivity contribution in [2.45, 2.75) is 25.2 Å². The summed E-state index contributed by atoms with van der Waals surface area (Å²) in [7, 11) is 0. The summed E-state index contributed by atoms with van der Waals surface area (Å²) >= 11 is 0. The Labute approximate surface area is 81.9 Å². The largest absolute Gasteiger partial charge is 0.399 e. The number of rotatable bonds is 1. The maximum atomic E-state index is 5.67. The van der Waals surface area contributed by atoms with E-state index in [-0.39, 0.29) is 0 Å². The van der Waals surface area contributed by atoms with Crippen LogP contribution in [-0.2, 0) is 0 Å². The Kier molecular flexibility index (Phi) is 1.54. The van der Waals surface area contributed by atoms with E-state index in [0.29, 0.717) is 5.92 Å². The number of fused-ring (bicyclic) bond motifs is 1. The standard InChI is InChI=1S/C11H12N2O/c12-8-4-5-9-10(6-8)13-14-11(9)7-2-1-3-7/h4-7H,1-3,12H2. The summed E-state index contributed by atoms with van der Waals surface area (Å²) < 4.78 is 5.37. The van der Waals surface area contributed by atoms with Crippen LogP contribution in [0.15, 0.2) is 22.7 Å². The highest BCUT2D eigenvalue weighted by Crippen LogP contribution is 2.39. The van der Waals surface area contributed by atoms with Crippen molar-refractivity contribution < 1.29 is 4.52 Å². The molecule has 0 saturated heterocycles. The minimum atomic E-state index is 0.587. The van der Waals surface area contributed by atoms with E-state index < -0.39 is 0 Å². The molecule has 14 heavy (non-hydrogen) atoms. The van der Waals surface area contributed by atoms with E-state index >= 15 is 0 Å². The SMILES string of the molecule is Nc1ccc2c(C3CCC3)onc2c1. The molecule has 3 rings (SSSR count). The van der Waals surface area contributed by atoms with Gasteiger partial charge in [0.1, 0.15) is 11.3 Å². The van der Waals surface area contributed by atoms with Crippen LogP contribution in [0.2, 0.25) is 0 Å². The smallest absolute Gasteiger partial charge is 0.147 e. The van der Waals surface area contributed by atoms with Gasteiger partial charge in [-0.05, 0) is 31.0 Å². The molecule has 0 amide bonds. The zero-order valence-electron chi connectivity index (χ0n) is 7.86. The highest BCUT2D eigenvalue weighted by atomic mass is 16.5. The summed E-state index contributed by atoms with van der Waals surface area (Å²) in [5.41, 5.74) is 7.30.